The van der Waals surface area contributed by atoms with E-state index < -0.39 is 0 Å². The fourth-order valence-electron chi connectivity index (χ4n) is 2.55. The van der Waals surface area contributed by atoms with Crippen LogP contribution in [0.4, 0.5) is 0 Å². The van der Waals surface area contributed by atoms with Gasteiger partial charge in [-0.1, -0.05) is 18.2 Å². The number of benzene rings is 1. The Morgan fingerprint density at radius 2 is 2.17 bits per heavy atom. The maximum Gasteiger partial charge on any atom is 0.272 e. The molecule has 0 atom stereocenters. The lowest BCUT2D eigenvalue weighted by molar-refractivity contribution is 0.0956. The molecule has 0 saturated heterocycles. The Morgan fingerprint density at radius 1 is 1.30 bits per heavy atom. The highest BCUT2D eigenvalue weighted by Gasteiger charge is 2.26. The van der Waals surface area contributed by atoms with Gasteiger partial charge in [0.05, 0.1) is 17.3 Å². The van der Waals surface area contributed by atoms with E-state index in [9.17, 15) is 4.79 Å². The van der Waals surface area contributed by atoms with Gasteiger partial charge in [0.15, 0.2) is 0 Å². The molecule has 4 nitrogen and oxygen atoms in total. The van der Waals surface area contributed by atoms with Gasteiger partial charge in [0, 0.05) is 22.6 Å². The summed E-state index contributed by atoms with van der Waals surface area (Å²) in [6.45, 7) is 0. The Kier molecular flexibility index (Phi) is 3.63. The standard InChI is InChI=1S/C18H15N3OS/c22-18(21-19-10-12-7-8-23-11-12)15-9-17(13-5-6-13)20-16-4-2-1-3-14(15)16/h1-4,7-11,13H,5-6H2,(H,21,22)/b19-10+. The largest absolute Gasteiger partial charge is 0.272 e. The monoisotopic (exact) mass is 321 g/mol. The number of thiophene rings is 1. The predicted molar refractivity (Wildman–Crippen MR) is 93.1 cm³/mol. The number of nitrogens with one attached hydrogen (secondary N) is 1. The molecule has 1 aliphatic rings. The van der Waals surface area contributed by atoms with Crippen LogP contribution in [0.5, 0.6) is 0 Å². The number of rotatable bonds is 4. The van der Waals surface area contributed by atoms with E-state index in [1.807, 2.05) is 47.2 Å². The van der Waals surface area contributed by atoms with Crippen LogP contribution in [0.2, 0.25) is 0 Å². The molecule has 2 heterocycles. The second-order valence-electron chi connectivity index (χ2n) is 5.64. The van der Waals surface area contributed by atoms with E-state index in [0.717, 1.165) is 35.0 Å². The summed E-state index contributed by atoms with van der Waals surface area (Å²) < 4.78 is 0. The highest BCUT2D eigenvalue weighted by molar-refractivity contribution is 7.08. The van der Waals surface area contributed by atoms with Crippen molar-refractivity contribution < 1.29 is 4.79 Å². The number of carbonyl (C=O) groups excluding carboxylic acids is 1. The third-order valence-corrected chi connectivity index (χ3v) is 4.60. The number of para-hydroxylation sites is 1. The maximum absolute atomic E-state index is 12.5. The average molecular weight is 321 g/mol. The van der Waals surface area contributed by atoms with Crippen LogP contribution >= 0.6 is 11.3 Å². The van der Waals surface area contributed by atoms with Gasteiger partial charge in [-0.15, -0.1) is 0 Å². The van der Waals surface area contributed by atoms with E-state index in [2.05, 4.69) is 15.5 Å². The van der Waals surface area contributed by atoms with Crippen LogP contribution in [-0.4, -0.2) is 17.1 Å². The number of nitrogens with zero attached hydrogens (tertiary/aromatic N) is 2. The lowest BCUT2D eigenvalue weighted by atomic mass is 10.1. The third kappa shape index (κ3) is 3.00. The molecule has 23 heavy (non-hydrogen) atoms. The van der Waals surface area contributed by atoms with Gasteiger partial charge < -0.3 is 0 Å². The maximum atomic E-state index is 12.5. The number of hydrogen-bond donors (Lipinski definition) is 1. The zero-order valence-corrected chi connectivity index (χ0v) is 13.2. The first-order valence-corrected chi connectivity index (χ1v) is 8.51. The van der Waals surface area contributed by atoms with Gasteiger partial charge in [0.1, 0.15) is 0 Å². The molecule has 5 heteroatoms. The molecule has 1 aliphatic carbocycles. The normalized spacial score (nSPS) is 14.4. The molecule has 0 unspecified atom stereocenters. The van der Waals surface area contributed by atoms with Crippen LogP contribution in [0.15, 0.2) is 52.3 Å². The average Bonchev–Trinajstić information content (AvgIpc) is 3.31. The van der Waals surface area contributed by atoms with Gasteiger partial charge in [-0.2, -0.15) is 16.4 Å². The van der Waals surface area contributed by atoms with Crippen LogP contribution in [0.25, 0.3) is 10.9 Å². The minimum atomic E-state index is -0.197. The Morgan fingerprint density at radius 3 is 2.96 bits per heavy atom. The van der Waals surface area contributed by atoms with Crippen molar-refractivity contribution in [2.45, 2.75) is 18.8 Å². The summed E-state index contributed by atoms with van der Waals surface area (Å²) in [4.78, 5) is 17.2. The summed E-state index contributed by atoms with van der Waals surface area (Å²) in [7, 11) is 0. The van der Waals surface area contributed by atoms with E-state index in [0.29, 0.717) is 11.5 Å². The van der Waals surface area contributed by atoms with Crippen molar-refractivity contribution in [3.63, 3.8) is 0 Å². The number of amides is 1. The number of hydrogen-bond acceptors (Lipinski definition) is 4. The number of fused-ring (bicyclic) bond motifs is 1. The minimum Gasteiger partial charge on any atom is -0.267 e. The zero-order valence-electron chi connectivity index (χ0n) is 12.4. The Labute approximate surface area is 137 Å². The summed E-state index contributed by atoms with van der Waals surface area (Å²) in [5.41, 5.74) is 6.12. The summed E-state index contributed by atoms with van der Waals surface area (Å²) in [5.74, 6) is 0.303. The van der Waals surface area contributed by atoms with Crippen LogP contribution in [-0.2, 0) is 0 Å². The molecule has 1 aromatic carbocycles. The second kappa shape index (κ2) is 5.93. The molecule has 0 spiro atoms. The highest BCUT2D eigenvalue weighted by Crippen LogP contribution is 2.40. The van der Waals surface area contributed by atoms with Crippen molar-refractivity contribution in [3.05, 3.63) is 64.0 Å². The van der Waals surface area contributed by atoms with E-state index in [-0.39, 0.29) is 5.91 Å². The van der Waals surface area contributed by atoms with Crippen molar-refractivity contribution in [2.75, 3.05) is 0 Å². The van der Waals surface area contributed by atoms with Crippen molar-refractivity contribution >= 4 is 34.4 Å². The molecule has 4 rings (SSSR count). The quantitative estimate of drug-likeness (QED) is 0.584. The summed E-state index contributed by atoms with van der Waals surface area (Å²) in [5, 5.41) is 8.86. The van der Waals surface area contributed by atoms with E-state index in [4.69, 9.17) is 0 Å². The number of aromatic nitrogens is 1. The Balaban J connectivity index is 1.65. The van der Waals surface area contributed by atoms with Crippen LogP contribution in [0, 0.1) is 0 Å². The molecule has 1 N–H and O–H groups in total. The molecule has 1 saturated carbocycles. The van der Waals surface area contributed by atoms with Crippen molar-refractivity contribution in [1.82, 2.24) is 10.4 Å². The molecule has 3 aromatic rings. The molecule has 0 aliphatic heterocycles. The molecule has 114 valence electrons. The van der Waals surface area contributed by atoms with E-state index >= 15 is 0 Å². The fraction of sp³-hybridized carbons (Fsp3) is 0.167. The predicted octanol–water partition coefficient (Wildman–Crippen LogP) is 3.94. The van der Waals surface area contributed by atoms with Gasteiger partial charge in [-0.3, -0.25) is 9.78 Å². The molecular weight excluding hydrogens is 306 g/mol. The Hall–Kier alpha value is -2.53. The zero-order chi connectivity index (χ0) is 15.6. The van der Waals surface area contributed by atoms with Gasteiger partial charge in [-0.25, -0.2) is 5.43 Å². The minimum absolute atomic E-state index is 0.197. The van der Waals surface area contributed by atoms with Crippen molar-refractivity contribution in [1.29, 1.82) is 0 Å². The van der Waals surface area contributed by atoms with E-state index in [1.165, 1.54) is 0 Å². The van der Waals surface area contributed by atoms with Gasteiger partial charge in [0.25, 0.3) is 5.91 Å². The second-order valence-corrected chi connectivity index (χ2v) is 6.42. The number of pyridine rings is 1. The topological polar surface area (TPSA) is 54.4 Å². The van der Waals surface area contributed by atoms with Crippen LogP contribution < -0.4 is 5.43 Å². The molecule has 1 fully saturated rings. The number of carbonyl (C=O) groups is 1. The lowest BCUT2D eigenvalue weighted by Gasteiger charge is -2.08. The first kappa shape index (κ1) is 14.1. The van der Waals surface area contributed by atoms with Crippen LogP contribution in [0.1, 0.15) is 40.4 Å². The number of hydrazone groups is 1. The molecular formula is C18H15N3OS. The SMILES string of the molecule is O=C(N/N=C/c1ccsc1)c1cc(C2CC2)nc2ccccc12. The summed E-state index contributed by atoms with van der Waals surface area (Å²) in [6, 6.07) is 11.6. The van der Waals surface area contributed by atoms with Gasteiger partial charge >= 0.3 is 0 Å². The fourth-order valence-corrected chi connectivity index (χ4v) is 3.16. The molecule has 0 bridgehead atoms. The first-order chi connectivity index (χ1) is 11.3. The third-order valence-electron chi connectivity index (χ3n) is 3.90. The molecule has 1 amide bonds. The van der Waals surface area contributed by atoms with Gasteiger partial charge in [-0.05, 0) is 41.8 Å². The lowest BCUT2D eigenvalue weighted by Crippen LogP contribution is -2.18. The van der Waals surface area contributed by atoms with Gasteiger partial charge in [0.2, 0.25) is 0 Å². The van der Waals surface area contributed by atoms with Crippen LogP contribution in [0.3, 0.4) is 0 Å². The smallest absolute Gasteiger partial charge is 0.267 e. The van der Waals surface area contributed by atoms with Crippen molar-refractivity contribution in [2.24, 2.45) is 5.10 Å². The molecule has 2 aromatic heterocycles. The molecule has 0 radical (unpaired) electrons. The first-order valence-electron chi connectivity index (χ1n) is 7.56. The van der Waals surface area contributed by atoms with Crippen molar-refractivity contribution in [3.8, 4) is 0 Å². The van der Waals surface area contributed by atoms with E-state index in [1.54, 1.807) is 17.6 Å². The summed E-state index contributed by atoms with van der Waals surface area (Å²) in [6.07, 6.45) is 3.96. The summed E-state index contributed by atoms with van der Waals surface area (Å²) >= 11 is 1.60. The Bertz CT molecular complexity index is 882. The highest BCUT2D eigenvalue weighted by atomic mass is 32.1.